The van der Waals surface area contributed by atoms with Gasteiger partial charge in [-0.3, -0.25) is 9.36 Å². The highest BCUT2D eigenvalue weighted by Gasteiger charge is 2.14. The van der Waals surface area contributed by atoms with Crippen LogP contribution in [0.25, 0.3) is 0 Å². The zero-order valence-corrected chi connectivity index (χ0v) is 14.2. The Balaban J connectivity index is 2.17. The molecule has 2 rings (SSSR count). The van der Waals surface area contributed by atoms with Gasteiger partial charge in [0.05, 0.1) is 28.6 Å². The number of hydrogen-bond acceptors (Lipinski definition) is 3. The van der Waals surface area contributed by atoms with Crippen molar-refractivity contribution in [2.75, 3.05) is 0 Å². The second kappa shape index (κ2) is 6.62. The molecule has 0 atom stereocenters. The molecule has 0 aromatic carbocycles. The van der Waals surface area contributed by atoms with Gasteiger partial charge in [-0.2, -0.15) is 10.2 Å². The van der Waals surface area contributed by atoms with Gasteiger partial charge in [0.15, 0.2) is 0 Å². The van der Waals surface area contributed by atoms with E-state index in [1.165, 1.54) is 5.56 Å². The minimum Gasteiger partial charge on any atom is -0.310 e. The predicted molar refractivity (Wildman–Crippen MR) is 85.6 cm³/mol. The maximum atomic E-state index is 6.39. The lowest BCUT2D eigenvalue weighted by atomic mass is 10.2. The summed E-state index contributed by atoms with van der Waals surface area (Å²) in [6.07, 6.45) is 2.92. The van der Waals surface area contributed by atoms with Crippen molar-refractivity contribution < 1.29 is 0 Å². The van der Waals surface area contributed by atoms with Crippen molar-refractivity contribution in [1.82, 2.24) is 24.9 Å². The molecular formula is C15H24ClN5. The Morgan fingerprint density at radius 3 is 2.62 bits per heavy atom. The van der Waals surface area contributed by atoms with E-state index in [9.17, 15) is 0 Å². The van der Waals surface area contributed by atoms with Crippen LogP contribution in [0.3, 0.4) is 0 Å². The summed E-state index contributed by atoms with van der Waals surface area (Å²) in [6.45, 7) is 9.86. The van der Waals surface area contributed by atoms with Crippen LogP contribution in [0.4, 0.5) is 0 Å². The molecule has 0 aliphatic carbocycles. The molecule has 0 saturated carbocycles. The molecule has 0 aliphatic rings. The zero-order chi connectivity index (χ0) is 15.6. The van der Waals surface area contributed by atoms with Crippen LogP contribution in [0.5, 0.6) is 0 Å². The summed E-state index contributed by atoms with van der Waals surface area (Å²) in [7, 11) is 1.93. The van der Waals surface area contributed by atoms with Crippen LogP contribution in [0.15, 0.2) is 6.20 Å². The number of aromatic nitrogens is 4. The Bertz CT molecular complexity index is 612. The van der Waals surface area contributed by atoms with Gasteiger partial charge in [0, 0.05) is 31.4 Å². The molecule has 0 unspecified atom stereocenters. The Hall–Kier alpha value is -1.33. The molecule has 0 spiro atoms. The molecule has 21 heavy (non-hydrogen) atoms. The van der Waals surface area contributed by atoms with Gasteiger partial charge in [-0.05, 0) is 13.3 Å². The van der Waals surface area contributed by atoms with Gasteiger partial charge >= 0.3 is 0 Å². The molecule has 0 fully saturated rings. The van der Waals surface area contributed by atoms with E-state index in [0.717, 1.165) is 35.1 Å². The van der Waals surface area contributed by atoms with Crippen LogP contribution >= 0.6 is 11.6 Å². The van der Waals surface area contributed by atoms with Crippen molar-refractivity contribution in [1.29, 1.82) is 0 Å². The van der Waals surface area contributed by atoms with Gasteiger partial charge in [-0.25, -0.2) is 0 Å². The van der Waals surface area contributed by atoms with Crippen molar-refractivity contribution in [2.24, 2.45) is 7.05 Å². The molecule has 0 radical (unpaired) electrons. The normalized spacial score (nSPS) is 11.6. The minimum atomic E-state index is 0.464. The number of halogens is 1. The van der Waals surface area contributed by atoms with Gasteiger partial charge in [-0.1, -0.05) is 32.4 Å². The van der Waals surface area contributed by atoms with Crippen LogP contribution in [-0.2, 0) is 26.6 Å². The molecule has 0 bridgehead atoms. The average molecular weight is 310 g/mol. The minimum absolute atomic E-state index is 0.464. The van der Waals surface area contributed by atoms with E-state index in [0.29, 0.717) is 12.6 Å². The Morgan fingerprint density at radius 1 is 1.33 bits per heavy atom. The third-order valence-corrected chi connectivity index (χ3v) is 4.00. The molecule has 0 aliphatic heterocycles. The maximum Gasteiger partial charge on any atom is 0.0869 e. The lowest BCUT2D eigenvalue weighted by Gasteiger charge is -2.06. The topological polar surface area (TPSA) is 47.7 Å². The molecular weight excluding hydrogens is 286 g/mol. The van der Waals surface area contributed by atoms with E-state index in [2.05, 4.69) is 42.5 Å². The first-order chi connectivity index (χ1) is 9.92. The highest BCUT2D eigenvalue weighted by atomic mass is 35.5. The molecule has 116 valence electrons. The molecule has 6 heteroatoms. The fraction of sp³-hybridized carbons (Fsp3) is 0.600. The monoisotopic (exact) mass is 309 g/mol. The highest BCUT2D eigenvalue weighted by molar-refractivity contribution is 6.31. The van der Waals surface area contributed by atoms with Gasteiger partial charge in [0.2, 0.25) is 0 Å². The molecule has 1 N–H and O–H groups in total. The fourth-order valence-corrected chi connectivity index (χ4v) is 2.63. The molecule has 2 aromatic rings. The van der Waals surface area contributed by atoms with E-state index in [1.807, 2.05) is 23.3 Å². The SMILES string of the molecule is CCc1nn(C)c(Cn2cc(CNC(C)C)c(C)n2)c1Cl. The maximum absolute atomic E-state index is 6.39. The Morgan fingerprint density at radius 2 is 2.05 bits per heavy atom. The van der Waals surface area contributed by atoms with Crippen LogP contribution < -0.4 is 5.32 Å². The van der Waals surface area contributed by atoms with Gasteiger partial charge in [0.1, 0.15) is 0 Å². The summed E-state index contributed by atoms with van der Waals surface area (Å²) in [5.74, 6) is 0. The first-order valence-corrected chi connectivity index (χ1v) is 7.76. The second-order valence-electron chi connectivity index (χ2n) is 5.66. The zero-order valence-electron chi connectivity index (χ0n) is 13.4. The third kappa shape index (κ3) is 3.66. The lowest BCUT2D eigenvalue weighted by Crippen LogP contribution is -2.21. The summed E-state index contributed by atoms with van der Waals surface area (Å²) >= 11 is 6.39. The smallest absolute Gasteiger partial charge is 0.0869 e. The van der Waals surface area contributed by atoms with Crippen LogP contribution in [0.1, 0.15) is 43.4 Å². The van der Waals surface area contributed by atoms with Gasteiger partial charge in [-0.15, -0.1) is 0 Å². The van der Waals surface area contributed by atoms with Gasteiger partial charge < -0.3 is 5.32 Å². The van der Waals surface area contributed by atoms with E-state index >= 15 is 0 Å². The van der Waals surface area contributed by atoms with E-state index in [4.69, 9.17) is 11.6 Å². The summed E-state index contributed by atoms with van der Waals surface area (Å²) < 4.78 is 3.79. The van der Waals surface area contributed by atoms with Crippen molar-refractivity contribution in [2.45, 2.75) is 53.2 Å². The quantitative estimate of drug-likeness (QED) is 0.892. The Kier molecular flexibility index (Phi) is 5.06. The highest BCUT2D eigenvalue weighted by Crippen LogP contribution is 2.21. The standard InChI is InChI=1S/C15H24ClN5/c1-6-13-15(16)14(20(5)19-13)9-21-8-12(11(4)18-21)7-17-10(2)3/h8,10,17H,6-7,9H2,1-5H3. The molecule has 0 amide bonds. The van der Waals surface area contributed by atoms with Gasteiger partial charge in [0.25, 0.3) is 0 Å². The average Bonchev–Trinajstić information content (AvgIpc) is 2.90. The predicted octanol–water partition coefficient (Wildman–Crippen LogP) is 2.69. The first-order valence-electron chi connectivity index (χ1n) is 7.38. The molecule has 0 saturated heterocycles. The summed E-state index contributed by atoms with van der Waals surface area (Å²) in [5.41, 5.74) is 4.22. The van der Waals surface area contributed by atoms with Crippen LogP contribution in [0, 0.1) is 6.92 Å². The van der Waals surface area contributed by atoms with Crippen molar-refractivity contribution >= 4 is 11.6 Å². The Labute approximate surface area is 131 Å². The molecule has 2 aromatic heterocycles. The van der Waals surface area contributed by atoms with Crippen molar-refractivity contribution in [3.63, 3.8) is 0 Å². The third-order valence-electron chi connectivity index (χ3n) is 3.56. The van der Waals surface area contributed by atoms with Crippen molar-refractivity contribution in [3.05, 3.63) is 33.9 Å². The summed E-state index contributed by atoms with van der Waals surface area (Å²) in [6, 6.07) is 0.464. The van der Waals surface area contributed by atoms with Crippen LogP contribution in [0.2, 0.25) is 5.02 Å². The fourth-order valence-electron chi connectivity index (χ4n) is 2.27. The summed E-state index contributed by atoms with van der Waals surface area (Å²) in [4.78, 5) is 0. The van der Waals surface area contributed by atoms with E-state index in [1.54, 1.807) is 0 Å². The first kappa shape index (κ1) is 16.0. The number of aryl methyl sites for hydroxylation is 3. The van der Waals surface area contributed by atoms with Crippen molar-refractivity contribution in [3.8, 4) is 0 Å². The lowest BCUT2D eigenvalue weighted by molar-refractivity contribution is 0.586. The number of nitrogens with one attached hydrogen (secondary N) is 1. The summed E-state index contributed by atoms with van der Waals surface area (Å²) in [5, 5.41) is 13.2. The number of rotatable bonds is 6. The molecule has 2 heterocycles. The van der Waals surface area contributed by atoms with E-state index < -0.39 is 0 Å². The molecule has 5 nitrogen and oxygen atoms in total. The largest absolute Gasteiger partial charge is 0.310 e. The number of hydrogen-bond donors (Lipinski definition) is 1. The van der Waals surface area contributed by atoms with Crippen LogP contribution in [-0.4, -0.2) is 25.6 Å². The van der Waals surface area contributed by atoms with E-state index in [-0.39, 0.29) is 0 Å². The number of nitrogens with zero attached hydrogens (tertiary/aromatic N) is 4. The second-order valence-corrected chi connectivity index (χ2v) is 6.04.